The molecule has 1 heterocycles. The number of piperidine rings is 1. The van der Waals surface area contributed by atoms with E-state index in [0.29, 0.717) is 12.5 Å². The SMILES string of the molecule is CCC1CCNC(C(=O)NCCCCN)C1. The Balaban J connectivity index is 2.19. The smallest absolute Gasteiger partial charge is 0.237 e. The van der Waals surface area contributed by atoms with Crippen LogP contribution in [-0.4, -0.2) is 31.6 Å². The van der Waals surface area contributed by atoms with Gasteiger partial charge in [0.25, 0.3) is 0 Å². The lowest BCUT2D eigenvalue weighted by Gasteiger charge is -2.28. The molecule has 4 nitrogen and oxygen atoms in total. The van der Waals surface area contributed by atoms with Crippen molar-refractivity contribution in [1.29, 1.82) is 0 Å². The monoisotopic (exact) mass is 227 g/mol. The fraction of sp³-hybridized carbons (Fsp3) is 0.917. The number of carbonyl (C=O) groups excluding carboxylic acids is 1. The molecule has 4 heteroatoms. The van der Waals surface area contributed by atoms with Gasteiger partial charge in [0.2, 0.25) is 5.91 Å². The third-order valence-electron chi connectivity index (χ3n) is 3.34. The number of hydrogen-bond acceptors (Lipinski definition) is 3. The Morgan fingerprint density at radius 3 is 3.00 bits per heavy atom. The Labute approximate surface area is 98.3 Å². The zero-order valence-corrected chi connectivity index (χ0v) is 10.3. The number of rotatable bonds is 6. The van der Waals surface area contributed by atoms with Crippen LogP contribution in [0.1, 0.15) is 39.0 Å². The summed E-state index contributed by atoms with van der Waals surface area (Å²) in [5.41, 5.74) is 5.40. The summed E-state index contributed by atoms with van der Waals surface area (Å²) in [7, 11) is 0. The van der Waals surface area contributed by atoms with Crippen molar-refractivity contribution in [2.45, 2.75) is 45.1 Å². The first-order valence-electron chi connectivity index (χ1n) is 6.49. The number of amides is 1. The molecule has 2 unspecified atom stereocenters. The molecule has 0 spiro atoms. The highest BCUT2D eigenvalue weighted by atomic mass is 16.2. The fourth-order valence-corrected chi connectivity index (χ4v) is 2.17. The third-order valence-corrected chi connectivity index (χ3v) is 3.34. The summed E-state index contributed by atoms with van der Waals surface area (Å²) in [6.45, 7) is 4.63. The van der Waals surface area contributed by atoms with Crippen LogP contribution >= 0.6 is 0 Å². The molecular weight excluding hydrogens is 202 g/mol. The molecule has 1 aliphatic rings. The second kappa shape index (κ2) is 7.63. The molecule has 2 atom stereocenters. The van der Waals surface area contributed by atoms with Crippen molar-refractivity contribution in [3.8, 4) is 0 Å². The van der Waals surface area contributed by atoms with Crippen LogP contribution in [0.15, 0.2) is 0 Å². The van der Waals surface area contributed by atoms with Crippen molar-refractivity contribution in [2.75, 3.05) is 19.6 Å². The molecule has 0 aromatic heterocycles. The normalized spacial score (nSPS) is 25.4. The Morgan fingerprint density at radius 1 is 1.50 bits per heavy atom. The molecule has 0 bridgehead atoms. The maximum Gasteiger partial charge on any atom is 0.237 e. The minimum Gasteiger partial charge on any atom is -0.355 e. The van der Waals surface area contributed by atoms with Crippen LogP contribution < -0.4 is 16.4 Å². The second-order valence-electron chi connectivity index (χ2n) is 4.59. The summed E-state index contributed by atoms with van der Waals surface area (Å²) < 4.78 is 0. The minimum absolute atomic E-state index is 0.0246. The summed E-state index contributed by atoms with van der Waals surface area (Å²) in [6, 6.07) is 0.0246. The highest BCUT2D eigenvalue weighted by Crippen LogP contribution is 2.19. The van der Waals surface area contributed by atoms with Crippen LogP contribution in [-0.2, 0) is 4.79 Å². The predicted molar refractivity (Wildman–Crippen MR) is 66.1 cm³/mol. The van der Waals surface area contributed by atoms with Gasteiger partial charge in [0.05, 0.1) is 6.04 Å². The van der Waals surface area contributed by atoms with E-state index in [-0.39, 0.29) is 11.9 Å². The third kappa shape index (κ3) is 4.49. The largest absolute Gasteiger partial charge is 0.355 e. The molecular formula is C12H25N3O. The summed E-state index contributed by atoms with van der Waals surface area (Å²) in [4.78, 5) is 11.8. The molecule has 0 aromatic rings. The summed E-state index contributed by atoms with van der Waals surface area (Å²) in [5, 5.41) is 6.26. The first kappa shape index (κ1) is 13.5. The van der Waals surface area contributed by atoms with Gasteiger partial charge in [0.1, 0.15) is 0 Å². The van der Waals surface area contributed by atoms with Crippen LogP contribution in [0.25, 0.3) is 0 Å². The molecule has 1 amide bonds. The van der Waals surface area contributed by atoms with E-state index in [9.17, 15) is 4.79 Å². The minimum atomic E-state index is 0.0246. The van der Waals surface area contributed by atoms with Gasteiger partial charge in [-0.2, -0.15) is 0 Å². The lowest BCUT2D eigenvalue weighted by Crippen LogP contribution is -2.48. The first-order valence-corrected chi connectivity index (χ1v) is 6.49. The van der Waals surface area contributed by atoms with Gasteiger partial charge in [-0.1, -0.05) is 13.3 Å². The fourth-order valence-electron chi connectivity index (χ4n) is 2.17. The lowest BCUT2D eigenvalue weighted by molar-refractivity contribution is -0.124. The van der Waals surface area contributed by atoms with E-state index in [0.717, 1.165) is 32.4 Å². The lowest BCUT2D eigenvalue weighted by atomic mass is 9.90. The average molecular weight is 227 g/mol. The van der Waals surface area contributed by atoms with Gasteiger partial charge >= 0.3 is 0 Å². The van der Waals surface area contributed by atoms with Gasteiger partial charge in [-0.05, 0) is 44.7 Å². The number of hydrogen-bond donors (Lipinski definition) is 3. The highest BCUT2D eigenvalue weighted by molar-refractivity contribution is 5.81. The number of nitrogens with two attached hydrogens (primary N) is 1. The van der Waals surface area contributed by atoms with Crippen molar-refractivity contribution in [2.24, 2.45) is 11.7 Å². The van der Waals surface area contributed by atoms with Gasteiger partial charge in [-0.3, -0.25) is 4.79 Å². The summed E-state index contributed by atoms with van der Waals surface area (Å²) >= 11 is 0. The predicted octanol–water partition coefficient (Wildman–Crippen LogP) is 0.620. The molecule has 94 valence electrons. The van der Waals surface area contributed by atoms with Crippen LogP contribution in [0.4, 0.5) is 0 Å². The quantitative estimate of drug-likeness (QED) is 0.583. The Hall–Kier alpha value is -0.610. The maximum absolute atomic E-state index is 11.8. The Morgan fingerprint density at radius 2 is 2.31 bits per heavy atom. The summed E-state index contributed by atoms with van der Waals surface area (Å²) in [6.07, 6.45) is 5.33. The average Bonchev–Trinajstić information content (AvgIpc) is 2.34. The molecule has 0 saturated carbocycles. The van der Waals surface area contributed by atoms with Crippen molar-refractivity contribution in [3.05, 3.63) is 0 Å². The van der Waals surface area contributed by atoms with E-state index in [1.165, 1.54) is 12.8 Å². The zero-order valence-electron chi connectivity index (χ0n) is 10.3. The highest BCUT2D eigenvalue weighted by Gasteiger charge is 2.25. The van der Waals surface area contributed by atoms with E-state index in [4.69, 9.17) is 5.73 Å². The second-order valence-corrected chi connectivity index (χ2v) is 4.59. The number of unbranched alkanes of at least 4 members (excludes halogenated alkanes) is 1. The molecule has 1 aliphatic heterocycles. The first-order chi connectivity index (χ1) is 7.77. The molecule has 16 heavy (non-hydrogen) atoms. The van der Waals surface area contributed by atoms with Crippen LogP contribution in [0.5, 0.6) is 0 Å². The van der Waals surface area contributed by atoms with Gasteiger partial charge < -0.3 is 16.4 Å². The molecule has 0 radical (unpaired) electrons. The number of nitrogens with one attached hydrogen (secondary N) is 2. The van der Waals surface area contributed by atoms with Crippen LogP contribution in [0, 0.1) is 5.92 Å². The van der Waals surface area contributed by atoms with Crippen molar-refractivity contribution < 1.29 is 4.79 Å². The molecule has 4 N–H and O–H groups in total. The van der Waals surface area contributed by atoms with E-state index in [1.54, 1.807) is 0 Å². The molecule has 1 rings (SSSR count). The zero-order chi connectivity index (χ0) is 11.8. The molecule has 1 fully saturated rings. The van der Waals surface area contributed by atoms with Gasteiger partial charge in [-0.25, -0.2) is 0 Å². The molecule has 1 saturated heterocycles. The Kier molecular flexibility index (Phi) is 6.42. The van der Waals surface area contributed by atoms with Gasteiger partial charge in [0.15, 0.2) is 0 Å². The van der Waals surface area contributed by atoms with Gasteiger partial charge in [0, 0.05) is 6.54 Å². The van der Waals surface area contributed by atoms with Crippen LogP contribution in [0.2, 0.25) is 0 Å². The Bertz CT molecular complexity index is 208. The maximum atomic E-state index is 11.8. The van der Waals surface area contributed by atoms with Crippen molar-refractivity contribution in [1.82, 2.24) is 10.6 Å². The van der Waals surface area contributed by atoms with E-state index in [2.05, 4.69) is 17.6 Å². The van der Waals surface area contributed by atoms with E-state index >= 15 is 0 Å². The summed E-state index contributed by atoms with van der Waals surface area (Å²) in [5.74, 6) is 0.871. The van der Waals surface area contributed by atoms with Crippen molar-refractivity contribution >= 4 is 5.91 Å². The molecule has 0 aromatic carbocycles. The van der Waals surface area contributed by atoms with E-state index in [1.807, 2.05) is 0 Å². The molecule has 0 aliphatic carbocycles. The van der Waals surface area contributed by atoms with Gasteiger partial charge in [-0.15, -0.1) is 0 Å². The number of carbonyl (C=O) groups is 1. The topological polar surface area (TPSA) is 67.2 Å². The standard InChI is InChI=1S/C12H25N3O/c1-2-10-5-8-14-11(9-10)12(16)15-7-4-3-6-13/h10-11,14H,2-9,13H2,1H3,(H,15,16). The van der Waals surface area contributed by atoms with Crippen molar-refractivity contribution in [3.63, 3.8) is 0 Å². The van der Waals surface area contributed by atoms with Crippen LogP contribution in [0.3, 0.4) is 0 Å². The van der Waals surface area contributed by atoms with E-state index < -0.39 is 0 Å².